The van der Waals surface area contributed by atoms with Crippen LogP contribution in [0.4, 0.5) is 0 Å². The number of carbonyl (C=O) groups excluding carboxylic acids is 2. The Morgan fingerprint density at radius 2 is 1.00 bits per heavy atom. The van der Waals surface area contributed by atoms with Crippen molar-refractivity contribution < 1.29 is 38.0 Å². The quantitative estimate of drug-likeness (QED) is 0.201. The molecule has 0 atom stereocenters. The lowest BCUT2D eigenvalue weighted by molar-refractivity contribution is -0.162. The lowest BCUT2D eigenvalue weighted by atomic mass is 9.89. The molecule has 0 aliphatic carbocycles. The van der Waals surface area contributed by atoms with E-state index in [2.05, 4.69) is 13.8 Å². The van der Waals surface area contributed by atoms with Crippen LogP contribution in [0.1, 0.15) is 59.8 Å². The molecular formula is C22H42O8. The Hall–Kier alpha value is -1.22. The zero-order chi connectivity index (χ0) is 22.5. The fourth-order valence-corrected chi connectivity index (χ4v) is 2.22. The first-order valence-corrected chi connectivity index (χ1v) is 11.1. The number of ether oxygens (including phenoxy) is 6. The minimum absolute atomic E-state index is 0.0575. The zero-order valence-corrected chi connectivity index (χ0v) is 19.4. The van der Waals surface area contributed by atoms with E-state index in [0.29, 0.717) is 39.6 Å². The van der Waals surface area contributed by atoms with Crippen LogP contribution in [0, 0.1) is 5.41 Å². The van der Waals surface area contributed by atoms with Crippen molar-refractivity contribution in [3.63, 3.8) is 0 Å². The van der Waals surface area contributed by atoms with E-state index in [9.17, 15) is 9.59 Å². The summed E-state index contributed by atoms with van der Waals surface area (Å²) in [6.45, 7) is 11.9. The van der Waals surface area contributed by atoms with Gasteiger partial charge >= 0.3 is 11.9 Å². The lowest BCUT2D eigenvalue weighted by Crippen LogP contribution is -2.31. The van der Waals surface area contributed by atoms with Gasteiger partial charge in [-0.1, -0.05) is 26.7 Å². The van der Waals surface area contributed by atoms with E-state index < -0.39 is 17.4 Å². The molecule has 0 spiro atoms. The fourth-order valence-electron chi connectivity index (χ4n) is 2.22. The maximum absolute atomic E-state index is 12.2. The van der Waals surface area contributed by atoms with Crippen LogP contribution in [0.5, 0.6) is 0 Å². The smallest absolute Gasteiger partial charge is 0.312 e. The summed E-state index contributed by atoms with van der Waals surface area (Å²) in [5.41, 5.74) is -0.964. The van der Waals surface area contributed by atoms with Crippen molar-refractivity contribution in [1.82, 2.24) is 0 Å². The first-order valence-electron chi connectivity index (χ1n) is 11.1. The summed E-state index contributed by atoms with van der Waals surface area (Å²) in [5.74, 6) is -0.914. The van der Waals surface area contributed by atoms with Crippen molar-refractivity contribution in [2.75, 3.05) is 66.1 Å². The third-order valence-electron chi connectivity index (χ3n) is 4.12. The summed E-state index contributed by atoms with van der Waals surface area (Å²) >= 11 is 0. The first kappa shape index (κ1) is 28.8. The van der Waals surface area contributed by atoms with Gasteiger partial charge in [-0.15, -0.1) is 0 Å². The second-order valence-corrected chi connectivity index (χ2v) is 7.57. The van der Waals surface area contributed by atoms with Crippen LogP contribution in [-0.4, -0.2) is 78.0 Å². The molecule has 0 heterocycles. The highest BCUT2D eigenvalue weighted by molar-refractivity contribution is 5.82. The Labute approximate surface area is 181 Å². The zero-order valence-electron chi connectivity index (χ0n) is 19.4. The Balaban J connectivity index is 3.69. The average molecular weight is 435 g/mol. The number of unbranched alkanes of at least 4 members (excludes halogenated alkanes) is 2. The molecule has 0 radical (unpaired) electrons. The van der Waals surface area contributed by atoms with Gasteiger partial charge in [0.1, 0.15) is 13.2 Å². The number of esters is 2. The van der Waals surface area contributed by atoms with E-state index in [4.69, 9.17) is 28.4 Å². The second kappa shape index (κ2) is 19.7. The van der Waals surface area contributed by atoms with Gasteiger partial charge in [0, 0.05) is 13.2 Å². The molecular weight excluding hydrogens is 392 g/mol. The number of hydrogen-bond acceptors (Lipinski definition) is 8. The van der Waals surface area contributed by atoms with Gasteiger partial charge in [-0.3, -0.25) is 9.59 Å². The summed E-state index contributed by atoms with van der Waals surface area (Å²) in [4.78, 5) is 24.1. The molecule has 0 amide bonds. The van der Waals surface area contributed by atoms with Gasteiger partial charge in [-0.2, -0.15) is 0 Å². The van der Waals surface area contributed by atoms with Crippen molar-refractivity contribution in [3.05, 3.63) is 0 Å². The highest BCUT2D eigenvalue weighted by Gasteiger charge is 2.32. The van der Waals surface area contributed by atoms with Crippen LogP contribution < -0.4 is 0 Å². The molecule has 8 nitrogen and oxygen atoms in total. The van der Waals surface area contributed by atoms with Crippen molar-refractivity contribution >= 4 is 11.9 Å². The highest BCUT2D eigenvalue weighted by Crippen LogP contribution is 2.22. The summed E-state index contributed by atoms with van der Waals surface area (Å²) in [6.07, 6.45) is 4.22. The standard InChI is InChI=1S/C22H42O8/c1-5-7-9-25-11-13-27-15-17-29-20(23)19-22(3,4)21(24)30-18-16-28-14-12-26-10-8-6-2/h5-19H2,1-4H3. The second-order valence-electron chi connectivity index (χ2n) is 7.57. The van der Waals surface area contributed by atoms with Crippen molar-refractivity contribution in [2.45, 2.75) is 59.8 Å². The van der Waals surface area contributed by atoms with E-state index in [-0.39, 0.29) is 19.6 Å². The molecule has 0 aliphatic rings. The topological polar surface area (TPSA) is 89.5 Å². The van der Waals surface area contributed by atoms with E-state index in [1.54, 1.807) is 13.8 Å². The summed E-state index contributed by atoms with van der Waals surface area (Å²) in [6, 6.07) is 0. The van der Waals surface area contributed by atoms with E-state index in [1.807, 2.05) is 0 Å². The molecule has 0 aromatic rings. The van der Waals surface area contributed by atoms with Crippen LogP contribution >= 0.6 is 0 Å². The maximum atomic E-state index is 12.2. The minimum atomic E-state index is -0.964. The normalized spacial score (nSPS) is 11.5. The van der Waals surface area contributed by atoms with E-state index in [1.165, 1.54) is 0 Å². The molecule has 0 aromatic heterocycles. The van der Waals surface area contributed by atoms with Crippen molar-refractivity contribution in [3.8, 4) is 0 Å². The first-order chi connectivity index (χ1) is 14.4. The van der Waals surface area contributed by atoms with Crippen LogP contribution in [0.15, 0.2) is 0 Å². The van der Waals surface area contributed by atoms with Gasteiger partial charge in [-0.05, 0) is 26.7 Å². The van der Waals surface area contributed by atoms with Crippen LogP contribution in [0.3, 0.4) is 0 Å². The predicted octanol–water partition coefficient (Wildman–Crippen LogP) is 3.16. The molecule has 0 fully saturated rings. The molecule has 0 aromatic carbocycles. The Kier molecular flexibility index (Phi) is 18.9. The van der Waals surface area contributed by atoms with Gasteiger partial charge in [0.2, 0.25) is 0 Å². The molecule has 0 aliphatic heterocycles. The molecule has 0 unspecified atom stereocenters. The largest absolute Gasteiger partial charge is 0.463 e. The predicted molar refractivity (Wildman–Crippen MR) is 113 cm³/mol. The third kappa shape index (κ3) is 17.6. The Morgan fingerprint density at radius 1 is 0.600 bits per heavy atom. The molecule has 0 rings (SSSR count). The van der Waals surface area contributed by atoms with Gasteiger partial charge < -0.3 is 28.4 Å². The molecule has 30 heavy (non-hydrogen) atoms. The number of hydrogen-bond donors (Lipinski definition) is 0. The van der Waals surface area contributed by atoms with Crippen LogP contribution in [0.25, 0.3) is 0 Å². The highest BCUT2D eigenvalue weighted by atomic mass is 16.6. The summed E-state index contributed by atoms with van der Waals surface area (Å²) < 4.78 is 31.8. The SMILES string of the molecule is CCCCOCCOCCOC(=O)CC(C)(C)C(=O)OCCOCCOCCCC. The maximum Gasteiger partial charge on any atom is 0.312 e. The van der Waals surface area contributed by atoms with E-state index in [0.717, 1.165) is 38.9 Å². The van der Waals surface area contributed by atoms with Crippen LogP contribution in [0.2, 0.25) is 0 Å². The lowest BCUT2D eigenvalue weighted by Gasteiger charge is -2.21. The summed E-state index contributed by atoms with van der Waals surface area (Å²) in [7, 11) is 0. The third-order valence-corrected chi connectivity index (χ3v) is 4.12. The monoisotopic (exact) mass is 434 g/mol. The van der Waals surface area contributed by atoms with Crippen molar-refractivity contribution in [2.24, 2.45) is 5.41 Å². The van der Waals surface area contributed by atoms with Gasteiger partial charge in [0.15, 0.2) is 0 Å². The van der Waals surface area contributed by atoms with Crippen molar-refractivity contribution in [1.29, 1.82) is 0 Å². The van der Waals surface area contributed by atoms with Gasteiger partial charge in [0.05, 0.1) is 51.5 Å². The van der Waals surface area contributed by atoms with E-state index >= 15 is 0 Å². The Bertz CT molecular complexity index is 425. The molecule has 8 heteroatoms. The Morgan fingerprint density at radius 3 is 1.47 bits per heavy atom. The fraction of sp³-hybridized carbons (Fsp3) is 0.909. The number of rotatable bonds is 21. The van der Waals surface area contributed by atoms with Crippen LogP contribution in [-0.2, 0) is 38.0 Å². The molecule has 0 saturated heterocycles. The summed E-state index contributed by atoms with van der Waals surface area (Å²) in [5, 5.41) is 0. The average Bonchev–Trinajstić information content (AvgIpc) is 2.70. The van der Waals surface area contributed by atoms with Gasteiger partial charge in [0.25, 0.3) is 0 Å². The number of carbonyl (C=O) groups is 2. The molecule has 0 bridgehead atoms. The molecule has 0 N–H and O–H groups in total. The minimum Gasteiger partial charge on any atom is -0.463 e. The van der Waals surface area contributed by atoms with Gasteiger partial charge in [-0.25, -0.2) is 0 Å². The molecule has 0 saturated carbocycles. The molecule has 178 valence electrons.